The van der Waals surface area contributed by atoms with E-state index in [-0.39, 0.29) is 28.7 Å². The molecule has 1 fully saturated rings. The molecule has 1 aliphatic heterocycles. The van der Waals surface area contributed by atoms with Crippen LogP contribution in [-0.4, -0.2) is 66.4 Å². The van der Waals surface area contributed by atoms with Crippen LogP contribution in [0.25, 0.3) is 11.0 Å². The highest BCUT2D eigenvalue weighted by Gasteiger charge is 2.33. The number of fused-ring (bicyclic) bond motifs is 1. The smallest absolute Gasteiger partial charge is 0.338 e. The molecule has 0 aliphatic carbocycles. The fraction of sp³-hybridized carbons (Fsp3) is 0.400. The Balaban J connectivity index is 1.50. The molecule has 4 rings (SSSR count). The molecule has 0 bridgehead atoms. The van der Waals surface area contributed by atoms with Crippen LogP contribution in [0.2, 0.25) is 0 Å². The Morgan fingerprint density at radius 3 is 2.53 bits per heavy atom. The molecule has 1 aromatic carbocycles. The number of rotatable bonds is 6. The molecule has 1 aliphatic rings. The number of imidazole rings is 1. The molecule has 172 valence electrons. The van der Waals surface area contributed by atoms with E-state index in [1.807, 2.05) is 4.90 Å². The lowest BCUT2D eigenvalue weighted by molar-refractivity contribution is 0.0599. The van der Waals surface area contributed by atoms with Gasteiger partial charge in [-0.1, -0.05) is 12.1 Å². The van der Waals surface area contributed by atoms with Crippen molar-refractivity contribution in [2.24, 2.45) is 0 Å². The summed E-state index contributed by atoms with van der Waals surface area (Å²) in [6, 6.07) is 7.63. The van der Waals surface area contributed by atoms with Crippen LogP contribution in [0.1, 0.15) is 35.7 Å². The first kappa shape index (κ1) is 22.8. The van der Waals surface area contributed by atoms with E-state index >= 15 is 0 Å². The van der Waals surface area contributed by atoms with Crippen LogP contribution in [0.5, 0.6) is 0 Å². The minimum Gasteiger partial charge on any atom is -0.465 e. The van der Waals surface area contributed by atoms with Gasteiger partial charge in [-0.3, -0.25) is 9.47 Å². The number of esters is 1. The number of piperazine rings is 1. The number of halogens is 2. The highest BCUT2D eigenvalue weighted by atomic mass is 32.2. The lowest BCUT2D eigenvalue weighted by Gasteiger charge is -2.37. The molecule has 0 saturated carbocycles. The van der Waals surface area contributed by atoms with Crippen LogP contribution in [0.15, 0.2) is 39.9 Å². The van der Waals surface area contributed by atoms with E-state index in [2.05, 4.69) is 9.72 Å². The van der Waals surface area contributed by atoms with Crippen molar-refractivity contribution in [2.45, 2.75) is 23.7 Å². The van der Waals surface area contributed by atoms with Crippen LogP contribution in [0, 0.1) is 0 Å². The molecule has 12 heteroatoms. The lowest BCUT2D eigenvalue weighted by Crippen LogP contribution is -2.49. The van der Waals surface area contributed by atoms with Gasteiger partial charge in [0.1, 0.15) is 10.0 Å². The molecular weight excluding hydrogens is 462 g/mol. The Bertz CT molecular complexity index is 1230. The monoisotopic (exact) mass is 484 g/mol. The van der Waals surface area contributed by atoms with E-state index in [1.165, 1.54) is 22.9 Å². The molecule has 1 saturated heterocycles. The van der Waals surface area contributed by atoms with Gasteiger partial charge in [-0.25, -0.2) is 18.2 Å². The first-order chi connectivity index (χ1) is 15.2. The minimum atomic E-state index is -3.76. The van der Waals surface area contributed by atoms with Crippen LogP contribution >= 0.6 is 11.3 Å². The van der Waals surface area contributed by atoms with Gasteiger partial charge in [0.05, 0.1) is 29.7 Å². The maximum absolute atomic E-state index is 13.8. The van der Waals surface area contributed by atoms with E-state index in [1.54, 1.807) is 31.2 Å². The fourth-order valence-electron chi connectivity index (χ4n) is 3.86. The summed E-state index contributed by atoms with van der Waals surface area (Å²) in [5.41, 5.74) is 1.05. The number of aromatic nitrogens is 2. The average Bonchev–Trinajstić information content (AvgIpc) is 3.44. The maximum Gasteiger partial charge on any atom is 0.338 e. The molecule has 0 N–H and O–H groups in total. The predicted octanol–water partition coefficient (Wildman–Crippen LogP) is 3.35. The second-order valence-electron chi connectivity index (χ2n) is 7.37. The van der Waals surface area contributed by atoms with E-state index in [9.17, 15) is 22.0 Å². The number of thiophene rings is 1. The summed E-state index contributed by atoms with van der Waals surface area (Å²) in [5, 5.41) is 1.45. The Morgan fingerprint density at radius 2 is 1.88 bits per heavy atom. The van der Waals surface area contributed by atoms with Crippen molar-refractivity contribution in [2.75, 3.05) is 33.3 Å². The zero-order valence-corrected chi connectivity index (χ0v) is 19.1. The van der Waals surface area contributed by atoms with Gasteiger partial charge in [-0.2, -0.15) is 13.1 Å². The Labute approximate surface area is 188 Å². The Morgan fingerprint density at radius 1 is 1.19 bits per heavy atom. The summed E-state index contributed by atoms with van der Waals surface area (Å²) in [7, 11) is -2.53. The number of para-hydroxylation sites is 2. The van der Waals surface area contributed by atoms with Crippen molar-refractivity contribution in [1.82, 2.24) is 18.8 Å². The van der Waals surface area contributed by atoms with Crippen molar-refractivity contribution in [1.29, 1.82) is 0 Å². The topological polar surface area (TPSA) is 84.7 Å². The summed E-state index contributed by atoms with van der Waals surface area (Å²) in [6.07, 6.45) is 0. The van der Waals surface area contributed by atoms with Crippen LogP contribution in [0.3, 0.4) is 0 Å². The molecule has 0 radical (unpaired) electrons. The SMILES string of the molecule is COC(=O)c1csc(S(=O)(=O)N2CCN([C@H](C)c3nc4ccccc4n3C(F)F)CC2)c1. The van der Waals surface area contributed by atoms with Gasteiger partial charge in [0, 0.05) is 31.6 Å². The summed E-state index contributed by atoms with van der Waals surface area (Å²) in [6.45, 7) is 0.195. The summed E-state index contributed by atoms with van der Waals surface area (Å²) < 4.78 is 60.5. The number of alkyl halides is 2. The number of ether oxygens (including phenoxy) is 1. The molecule has 3 heterocycles. The lowest BCUT2D eigenvalue weighted by atomic mass is 10.2. The third-order valence-corrected chi connectivity index (χ3v) is 8.92. The van der Waals surface area contributed by atoms with Crippen molar-refractivity contribution < 1.29 is 26.7 Å². The molecule has 0 amide bonds. The zero-order chi connectivity index (χ0) is 23.0. The molecular formula is C20H22F2N4O4S2. The second-order valence-corrected chi connectivity index (χ2v) is 10.4. The molecule has 1 atom stereocenters. The van der Waals surface area contributed by atoms with Gasteiger partial charge in [0.25, 0.3) is 10.0 Å². The van der Waals surface area contributed by atoms with Crippen LogP contribution < -0.4 is 0 Å². The summed E-state index contributed by atoms with van der Waals surface area (Å²) >= 11 is 0.965. The highest BCUT2D eigenvalue weighted by Crippen LogP contribution is 2.31. The average molecular weight is 485 g/mol. The maximum atomic E-state index is 13.8. The highest BCUT2D eigenvalue weighted by molar-refractivity contribution is 7.91. The number of methoxy groups -OCH3 is 1. The normalized spacial score (nSPS) is 17.2. The van der Waals surface area contributed by atoms with Crippen LogP contribution in [-0.2, 0) is 14.8 Å². The summed E-state index contributed by atoms with van der Waals surface area (Å²) in [5.74, 6) is -0.346. The van der Waals surface area contributed by atoms with Crippen molar-refractivity contribution in [3.63, 3.8) is 0 Å². The van der Waals surface area contributed by atoms with Crippen molar-refractivity contribution >= 4 is 38.4 Å². The van der Waals surface area contributed by atoms with E-state index < -0.39 is 28.6 Å². The van der Waals surface area contributed by atoms with Gasteiger partial charge in [-0.05, 0) is 25.1 Å². The van der Waals surface area contributed by atoms with E-state index in [0.717, 1.165) is 15.9 Å². The molecule has 0 spiro atoms. The van der Waals surface area contributed by atoms with Gasteiger partial charge in [0.2, 0.25) is 0 Å². The van der Waals surface area contributed by atoms with Gasteiger partial charge >= 0.3 is 12.5 Å². The van der Waals surface area contributed by atoms with Crippen LogP contribution in [0.4, 0.5) is 8.78 Å². The fourth-order valence-corrected chi connectivity index (χ4v) is 6.59. The number of carbonyl (C=O) groups excluding carboxylic acids is 1. The first-order valence-electron chi connectivity index (χ1n) is 9.90. The summed E-state index contributed by atoms with van der Waals surface area (Å²) in [4.78, 5) is 18.0. The largest absolute Gasteiger partial charge is 0.465 e. The molecule has 0 unspecified atom stereocenters. The van der Waals surface area contributed by atoms with Crippen molar-refractivity contribution in [3.05, 3.63) is 47.1 Å². The molecule has 32 heavy (non-hydrogen) atoms. The predicted molar refractivity (Wildman–Crippen MR) is 115 cm³/mol. The number of benzene rings is 1. The van der Waals surface area contributed by atoms with E-state index in [0.29, 0.717) is 24.1 Å². The standard InChI is InChI=1S/C20H22F2N4O4S2/c1-13(18-23-15-5-3-4-6-16(15)26(18)20(21)22)24-7-9-25(10-8-24)32(28,29)17-11-14(12-31-17)19(27)30-2/h3-6,11-13,20H,7-10H2,1-2H3/t13-/m1/s1. The third kappa shape index (κ3) is 4.03. The minimum absolute atomic E-state index is 0.0684. The van der Waals surface area contributed by atoms with E-state index in [4.69, 9.17) is 0 Å². The Hall–Kier alpha value is -2.41. The van der Waals surface area contributed by atoms with Crippen molar-refractivity contribution in [3.8, 4) is 0 Å². The molecule has 8 nitrogen and oxygen atoms in total. The zero-order valence-electron chi connectivity index (χ0n) is 17.4. The molecule has 3 aromatic rings. The second kappa shape index (κ2) is 8.85. The number of hydrogen-bond acceptors (Lipinski definition) is 7. The number of carbonyl (C=O) groups is 1. The quantitative estimate of drug-likeness (QED) is 0.499. The number of nitrogens with zero attached hydrogens (tertiary/aromatic N) is 4. The molecule has 2 aromatic heterocycles. The number of hydrogen-bond donors (Lipinski definition) is 0. The van der Waals surface area contributed by atoms with Gasteiger partial charge in [0.15, 0.2) is 0 Å². The van der Waals surface area contributed by atoms with Gasteiger partial charge in [-0.15, -0.1) is 11.3 Å². The Kier molecular flexibility index (Phi) is 6.30. The number of sulfonamides is 1. The third-order valence-electron chi connectivity index (χ3n) is 5.60. The van der Waals surface area contributed by atoms with Gasteiger partial charge < -0.3 is 4.74 Å². The first-order valence-corrected chi connectivity index (χ1v) is 12.2.